The second-order valence-electron chi connectivity index (χ2n) is 3.49. The summed E-state index contributed by atoms with van der Waals surface area (Å²) in [5, 5.41) is 2.49. The van der Waals surface area contributed by atoms with Gasteiger partial charge in [-0.25, -0.2) is 5.84 Å². The lowest BCUT2D eigenvalue weighted by Crippen LogP contribution is -2.34. The van der Waals surface area contributed by atoms with E-state index in [-0.39, 0.29) is 24.1 Å². The first-order valence-corrected chi connectivity index (χ1v) is 5.22. The maximum Gasteiger partial charge on any atom is 0.265 e. The van der Waals surface area contributed by atoms with Gasteiger partial charge in [-0.1, -0.05) is 12.1 Å². The van der Waals surface area contributed by atoms with Crippen molar-refractivity contribution in [1.29, 1.82) is 0 Å². The first-order chi connectivity index (χ1) is 8.56. The summed E-state index contributed by atoms with van der Waals surface area (Å²) in [7, 11) is 0. The number of hydrazine groups is 1. The summed E-state index contributed by atoms with van der Waals surface area (Å²) in [5.41, 5.74) is 7.25. The Morgan fingerprint density at radius 2 is 1.61 bits per heavy atom. The largest absolute Gasteiger partial charge is 0.370 e. The molecule has 96 valence electrons. The molecule has 0 aliphatic rings. The molecule has 0 saturated carbocycles. The van der Waals surface area contributed by atoms with Crippen molar-refractivity contribution in [3.63, 3.8) is 0 Å². The summed E-state index contributed by atoms with van der Waals surface area (Å²) >= 11 is 0. The number of hydrogen-bond acceptors (Lipinski definition) is 4. The molecule has 1 aromatic rings. The predicted molar refractivity (Wildman–Crippen MR) is 64.2 cm³/mol. The van der Waals surface area contributed by atoms with Gasteiger partial charge in [-0.2, -0.15) is 0 Å². The summed E-state index contributed by atoms with van der Waals surface area (Å²) < 4.78 is 0. The normalized spacial score (nSPS) is 9.61. The molecule has 6 N–H and O–H groups in total. The number of carbonyl (C=O) groups is 3. The predicted octanol–water partition coefficient (Wildman–Crippen LogP) is -1.10. The average Bonchev–Trinajstić information content (AvgIpc) is 2.37. The summed E-state index contributed by atoms with van der Waals surface area (Å²) in [6.45, 7) is 0.118. The van der Waals surface area contributed by atoms with Gasteiger partial charge in [0, 0.05) is 13.0 Å². The average molecular weight is 250 g/mol. The number of primary amides is 1. The second-order valence-corrected chi connectivity index (χ2v) is 3.49. The molecule has 7 heteroatoms. The number of amides is 3. The van der Waals surface area contributed by atoms with Gasteiger partial charge in [0.1, 0.15) is 0 Å². The number of rotatable bonds is 5. The van der Waals surface area contributed by atoms with Crippen molar-refractivity contribution in [2.24, 2.45) is 11.6 Å². The fraction of sp³-hybridized carbons (Fsp3) is 0.182. The van der Waals surface area contributed by atoms with E-state index in [1.807, 2.05) is 5.43 Å². The third-order valence-electron chi connectivity index (χ3n) is 2.20. The van der Waals surface area contributed by atoms with E-state index in [0.717, 1.165) is 0 Å². The van der Waals surface area contributed by atoms with Crippen LogP contribution in [0.3, 0.4) is 0 Å². The molecule has 0 unspecified atom stereocenters. The summed E-state index contributed by atoms with van der Waals surface area (Å²) in [6, 6.07) is 6.20. The van der Waals surface area contributed by atoms with Gasteiger partial charge in [-0.05, 0) is 12.1 Å². The van der Waals surface area contributed by atoms with E-state index in [9.17, 15) is 14.4 Å². The Kier molecular flexibility index (Phi) is 4.82. The highest BCUT2D eigenvalue weighted by Crippen LogP contribution is 2.08. The Hall–Kier alpha value is -2.41. The van der Waals surface area contributed by atoms with Gasteiger partial charge in [0.25, 0.3) is 11.8 Å². The Labute approximate surface area is 103 Å². The summed E-state index contributed by atoms with van der Waals surface area (Å²) in [6.07, 6.45) is 0.0387. The van der Waals surface area contributed by atoms with Gasteiger partial charge in [0.2, 0.25) is 5.91 Å². The van der Waals surface area contributed by atoms with Crippen LogP contribution in [0.5, 0.6) is 0 Å². The van der Waals surface area contributed by atoms with Crippen LogP contribution in [0, 0.1) is 0 Å². The number of nitrogens with two attached hydrogens (primary N) is 2. The highest BCUT2D eigenvalue weighted by molar-refractivity contribution is 6.07. The zero-order valence-electron chi connectivity index (χ0n) is 9.60. The molecular weight excluding hydrogens is 236 g/mol. The SMILES string of the molecule is NNC(=O)c1ccccc1C(=O)NCCC(N)=O. The highest BCUT2D eigenvalue weighted by atomic mass is 16.2. The quantitative estimate of drug-likeness (QED) is 0.300. The molecule has 0 heterocycles. The first kappa shape index (κ1) is 13.7. The fourth-order valence-corrected chi connectivity index (χ4v) is 1.35. The van der Waals surface area contributed by atoms with E-state index in [2.05, 4.69) is 5.32 Å². The minimum atomic E-state index is -0.560. The standard InChI is InChI=1S/C11H14N4O3/c12-9(16)5-6-14-10(17)7-3-1-2-4-8(7)11(18)15-13/h1-4H,5-6,13H2,(H2,12,16)(H,14,17)(H,15,18). The zero-order chi connectivity index (χ0) is 13.5. The molecule has 0 aliphatic heterocycles. The van der Waals surface area contributed by atoms with Crippen LogP contribution in [-0.2, 0) is 4.79 Å². The number of nitrogens with one attached hydrogen (secondary N) is 2. The number of carbonyl (C=O) groups excluding carboxylic acids is 3. The van der Waals surface area contributed by atoms with Gasteiger partial charge >= 0.3 is 0 Å². The van der Waals surface area contributed by atoms with E-state index in [1.165, 1.54) is 12.1 Å². The maximum absolute atomic E-state index is 11.8. The van der Waals surface area contributed by atoms with Crippen molar-refractivity contribution in [3.8, 4) is 0 Å². The van der Waals surface area contributed by atoms with Gasteiger partial charge in [-0.15, -0.1) is 0 Å². The van der Waals surface area contributed by atoms with Crippen LogP contribution in [-0.4, -0.2) is 24.3 Å². The maximum atomic E-state index is 11.8. The molecule has 1 rings (SSSR count). The molecule has 0 radical (unpaired) electrons. The zero-order valence-corrected chi connectivity index (χ0v) is 9.60. The number of benzene rings is 1. The monoisotopic (exact) mass is 250 g/mol. The van der Waals surface area contributed by atoms with E-state index in [1.54, 1.807) is 12.1 Å². The first-order valence-electron chi connectivity index (χ1n) is 5.22. The lowest BCUT2D eigenvalue weighted by molar-refractivity contribution is -0.117. The molecule has 1 aromatic carbocycles. The topological polar surface area (TPSA) is 127 Å². The smallest absolute Gasteiger partial charge is 0.265 e. The minimum absolute atomic E-state index is 0.0387. The van der Waals surface area contributed by atoms with Gasteiger partial charge in [0.05, 0.1) is 11.1 Å². The van der Waals surface area contributed by atoms with Crippen LogP contribution in [0.4, 0.5) is 0 Å². The van der Waals surface area contributed by atoms with Crippen molar-refractivity contribution < 1.29 is 14.4 Å². The molecule has 0 bridgehead atoms. The van der Waals surface area contributed by atoms with E-state index in [4.69, 9.17) is 11.6 Å². The third kappa shape index (κ3) is 3.56. The van der Waals surface area contributed by atoms with Crippen LogP contribution in [0.25, 0.3) is 0 Å². The molecule has 0 spiro atoms. The van der Waals surface area contributed by atoms with Crippen LogP contribution >= 0.6 is 0 Å². The Morgan fingerprint density at radius 3 is 2.11 bits per heavy atom. The van der Waals surface area contributed by atoms with Crippen molar-refractivity contribution >= 4 is 17.7 Å². The number of nitrogen functional groups attached to an aromatic ring is 1. The number of hydrogen-bond donors (Lipinski definition) is 4. The van der Waals surface area contributed by atoms with E-state index < -0.39 is 17.7 Å². The van der Waals surface area contributed by atoms with E-state index in [0.29, 0.717) is 0 Å². The van der Waals surface area contributed by atoms with Crippen LogP contribution < -0.4 is 22.3 Å². The Balaban J connectivity index is 2.79. The van der Waals surface area contributed by atoms with Crippen molar-refractivity contribution in [1.82, 2.24) is 10.7 Å². The molecule has 0 saturated heterocycles. The van der Waals surface area contributed by atoms with Gasteiger partial charge in [0.15, 0.2) is 0 Å². The molecule has 3 amide bonds. The Morgan fingerprint density at radius 1 is 1.06 bits per heavy atom. The van der Waals surface area contributed by atoms with Gasteiger partial charge in [-0.3, -0.25) is 19.8 Å². The lowest BCUT2D eigenvalue weighted by atomic mass is 10.1. The second kappa shape index (κ2) is 6.36. The van der Waals surface area contributed by atoms with Crippen molar-refractivity contribution in [2.45, 2.75) is 6.42 Å². The van der Waals surface area contributed by atoms with Crippen molar-refractivity contribution in [2.75, 3.05) is 6.54 Å². The van der Waals surface area contributed by atoms with Crippen molar-refractivity contribution in [3.05, 3.63) is 35.4 Å². The summed E-state index contributed by atoms with van der Waals surface area (Å²) in [4.78, 5) is 33.7. The highest BCUT2D eigenvalue weighted by Gasteiger charge is 2.15. The summed E-state index contributed by atoms with van der Waals surface area (Å²) in [5.74, 6) is 3.49. The molecule has 0 fully saturated rings. The van der Waals surface area contributed by atoms with Gasteiger partial charge < -0.3 is 11.1 Å². The molecular formula is C11H14N4O3. The molecule has 0 atom stereocenters. The van der Waals surface area contributed by atoms with E-state index >= 15 is 0 Å². The third-order valence-corrected chi connectivity index (χ3v) is 2.20. The molecule has 0 aromatic heterocycles. The lowest BCUT2D eigenvalue weighted by Gasteiger charge is -2.08. The Bertz CT molecular complexity index is 473. The van der Waals surface area contributed by atoms with Crippen LogP contribution in [0.15, 0.2) is 24.3 Å². The van der Waals surface area contributed by atoms with Crippen LogP contribution in [0.2, 0.25) is 0 Å². The fourth-order valence-electron chi connectivity index (χ4n) is 1.35. The van der Waals surface area contributed by atoms with Crippen LogP contribution in [0.1, 0.15) is 27.1 Å². The molecule has 7 nitrogen and oxygen atoms in total. The molecule has 18 heavy (non-hydrogen) atoms. The molecule has 0 aliphatic carbocycles. The minimum Gasteiger partial charge on any atom is -0.370 e.